The molecule has 0 radical (unpaired) electrons. The van der Waals surface area contributed by atoms with Crippen LogP contribution in [0, 0.1) is 0 Å². The number of carbonyl (C=O) groups excluding carboxylic acids is 2. The van der Waals surface area contributed by atoms with Crippen LogP contribution in [0.15, 0.2) is 24.0 Å². The number of ketones is 2. The Morgan fingerprint density at radius 1 is 1.64 bits per heavy atom. The molecule has 4 nitrogen and oxygen atoms in total. The number of rotatable bonds is 3. The van der Waals surface area contributed by atoms with Crippen molar-refractivity contribution < 1.29 is 19.4 Å². The van der Waals surface area contributed by atoms with Gasteiger partial charge in [-0.2, -0.15) is 0 Å². The number of carbonyl (C=O) groups is 2. The summed E-state index contributed by atoms with van der Waals surface area (Å²) in [5, 5.41) is 9.96. The molecule has 0 bridgehead atoms. The average Bonchev–Trinajstić information content (AvgIpc) is 2.08. The van der Waals surface area contributed by atoms with E-state index < -0.39 is 11.4 Å². The molecule has 1 aliphatic carbocycles. The maximum atomic E-state index is 11.4. The molecule has 0 aromatic rings. The lowest BCUT2D eigenvalue weighted by molar-refractivity contribution is -0.138. The van der Waals surface area contributed by atoms with Crippen molar-refractivity contribution >= 4 is 11.6 Å². The Morgan fingerprint density at radius 3 is 2.79 bits per heavy atom. The molecule has 0 aliphatic heterocycles. The summed E-state index contributed by atoms with van der Waals surface area (Å²) in [5.41, 5.74) is -1.81. The number of Topliss-reactive ketones (excluding diaryl/α,β-unsaturated/α-hetero) is 1. The molecule has 0 fully saturated rings. The Balaban J connectivity index is 3.03. The summed E-state index contributed by atoms with van der Waals surface area (Å²) in [5.74, 6) is -0.675. The van der Waals surface area contributed by atoms with Crippen LogP contribution in [-0.2, 0) is 14.3 Å². The van der Waals surface area contributed by atoms with Crippen molar-refractivity contribution in [3.05, 3.63) is 24.0 Å². The molecule has 76 valence electrons. The van der Waals surface area contributed by atoms with Gasteiger partial charge in [-0.3, -0.25) is 9.59 Å². The van der Waals surface area contributed by atoms with Crippen molar-refractivity contribution in [3.8, 4) is 0 Å². The van der Waals surface area contributed by atoms with Crippen LogP contribution in [-0.4, -0.2) is 29.4 Å². The number of aliphatic hydroxyl groups is 1. The second kappa shape index (κ2) is 3.75. The molecule has 0 spiro atoms. The zero-order chi connectivity index (χ0) is 10.8. The Labute approximate surface area is 81.9 Å². The Hall–Kier alpha value is -1.42. The normalized spacial score (nSPS) is 25.9. The van der Waals surface area contributed by atoms with Crippen LogP contribution in [0.1, 0.15) is 13.3 Å². The van der Waals surface area contributed by atoms with Gasteiger partial charge >= 0.3 is 0 Å². The summed E-state index contributed by atoms with van der Waals surface area (Å²) < 4.78 is 4.86. The molecule has 0 unspecified atom stereocenters. The highest BCUT2D eigenvalue weighted by atomic mass is 16.5. The fraction of sp³-hybridized carbons (Fsp3) is 0.400. The van der Waals surface area contributed by atoms with E-state index in [0.717, 1.165) is 0 Å². The monoisotopic (exact) mass is 196 g/mol. The maximum Gasteiger partial charge on any atom is 0.195 e. The first-order chi connectivity index (χ1) is 6.50. The maximum absolute atomic E-state index is 11.4. The predicted molar refractivity (Wildman–Crippen MR) is 49.5 cm³/mol. The quantitative estimate of drug-likeness (QED) is 0.708. The van der Waals surface area contributed by atoms with Crippen molar-refractivity contribution in [3.63, 3.8) is 0 Å². The molecule has 1 N–H and O–H groups in total. The van der Waals surface area contributed by atoms with E-state index in [4.69, 9.17) is 4.74 Å². The molecule has 1 rings (SSSR count). The van der Waals surface area contributed by atoms with Crippen molar-refractivity contribution in [2.24, 2.45) is 0 Å². The summed E-state index contributed by atoms with van der Waals surface area (Å²) >= 11 is 0. The van der Waals surface area contributed by atoms with Crippen molar-refractivity contribution in [2.75, 3.05) is 7.11 Å². The van der Waals surface area contributed by atoms with E-state index in [1.807, 2.05) is 0 Å². The molecule has 0 aromatic heterocycles. The molecule has 1 aliphatic rings. The standard InChI is InChI=1S/C10H12O4/c1-7(11)6-10(13)8(12)4-3-5-9(10)14-2/h3-5,13H,6H2,1-2H3/t10-/m0/s1. The van der Waals surface area contributed by atoms with Crippen LogP contribution < -0.4 is 0 Å². The third-order valence-electron chi connectivity index (χ3n) is 2.04. The van der Waals surface area contributed by atoms with E-state index in [9.17, 15) is 14.7 Å². The van der Waals surface area contributed by atoms with Gasteiger partial charge in [0.05, 0.1) is 7.11 Å². The number of hydrogen-bond donors (Lipinski definition) is 1. The van der Waals surface area contributed by atoms with Crippen LogP contribution in [0.2, 0.25) is 0 Å². The first-order valence-electron chi connectivity index (χ1n) is 4.20. The predicted octanol–water partition coefficient (Wildman–Crippen LogP) is 0.366. The molecule has 4 heteroatoms. The smallest absolute Gasteiger partial charge is 0.195 e. The lowest BCUT2D eigenvalue weighted by Gasteiger charge is -2.27. The van der Waals surface area contributed by atoms with E-state index in [1.165, 1.54) is 32.3 Å². The Morgan fingerprint density at radius 2 is 2.29 bits per heavy atom. The molecular formula is C10H12O4. The first kappa shape index (κ1) is 10.7. The Kier molecular flexibility index (Phi) is 2.86. The number of methoxy groups -OCH3 is 1. The fourth-order valence-electron chi connectivity index (χ4n) is 1.39. The number of hydrogen-bond acceptors (Lipinski definition) is 4. The highest BCUT2D eigenvalue weighted by Gasteiger charge is 2.42. The van der Waals surface area contributed by atoms with Crippen LogP contribution in [0.3, 0.4) is 0 Å². The highest BCUT2D eigenvalue weighted by Crippen LogP contribution is 2.26. The van der Waals surface area contributed by atoms with Gasteiger partial charge in [0.15, 0.2) is 11.4 Å². The van der Waals surface area contributed by atoms with Gasteiger partial charge in [-0.15, -0.1) is 0 Å². The minimum atomic E-state index is -1.81. The zero-order valence-electron chi connectivity index (χ0n) is 8.11. The lowest BCUT2D eigenvalue weighted by atomic mass is 9.87. The largest absolute Gasteiger partial charge is 0.498 e. The molecule has 0 saturated carbocycles. The molecular weight excluding hydrogens is 184 g/mol. The third kappa shape index (κ3) is 1.75. The van der Waals surface area contributed by atoms with Crippen molar-refractivity contribution in [2.45, 2.75) is 18.9 Å². The molecule has 0 aromatic carbocycles. The van der Waals surface area contributed by atoms with Gasteiger partial charge in [-0.1, -0.05) is 6.08 Å². The van der Waals surface area contributed by atoms with E-state index in [1.54, 1.807) is 0 Å². The summed E-state index contributed by atoms with van der Waals surface area (Å²) in [6.45, 7) is 1.32. The minimum Gasteiger partial charge on any atom is -0.498 e. The SMILES string of the molecule is COC1=CC=CC(=O)[C@@]1(O)CC(C)=O. The molecule has 14 heavy (non-hydrogen) atoms. The topological polar surface area (TPSA) is 63.6 Å². The van der Waals surface area contributed by atoms with Gasteiger partial charge in [0.2, 0.25) is 0 Å². The highest BCUT2D eigenvalue weighted by molar-refractivity contribution is 6.03. The van der Waals surface area contributed by atoms with Crippen LogP contribution in [0.4, 0.5) is 0 Å². The second-order valence-electron chi connectivity index (χ2n) is 3.20. The third-order valence-corrected chi connectivity index (χ3v) is 2.04. The van der Waals surface area contributed by atoms with E-state index in [2.05, 4.69) is 0 Å². The number of ether oxygens (including phenoxy) is 1. The lowest BCUT2D eigenvalue weighted by Crippen LogP contribution is -2.43. The molecule has 0 saturated heterocycles. The van der Waals surface area contributed by atoms with Crippen LogP contribution in [0.5, 0.6) is 0 Å². The summed E-state index contributed by atoms with van der Waals surface area (Å²) in [7, 11) is 1.35. The first-order valence-corrected chi connectivity index (χ1v) is 4.20. The van der Waals surface area contributed by atoms with Crippen LogP contribution in [0.25, 0.3) is 0 Å². The van der Waals surface area contributed by atoms with Gasteiger partial charge in [0.1, 0.15) is 11.5 Å². The van der Waals surface area contributed by atoms with Crippen LogP contribution >= 0.6 is 0 Å². The average molecular weight is 196 g/mol. The molecule has 0 amide bonds. The van der Waals surface area contributed by atoms with Gasteiger partial charge in [-0.05, 0) is 19.1 Å². The summed E-state index contributed by atoms with van der Waals surface area (Å²) in [6.07, 6.45) is 3.93. The van der Waals surface area contributed by atoms with Gasteiger partial charge in [-0.25, -0.2) is 0 Å². The minimum absolute atomic E-state index is 0.111. The Bertz CT molecular complexity index is 327. The zero-order valence-corrected chi connectivity index (χ0v) is 8.11. The van der Waals surface area contributed by atoms with Crippen molar-refractivity contribution in [1.29, 1.82) is 0 Å². The molecule has 0 heterocycles. The van der Waals surface area contributed by atoms with E-state index in [0.29, 0.717) is 0 Å². The summed E-state index contributed by atoms with van der Waals surface area (Å²) in [4.78, 5) is 22.3. The van der Waals surface area contributed by atoms with Gasteiger partial charge in [0.25, 0.3) is 0 Å². The van der Waals surface area contributed by atoms with E-state index >= 15 is 0 Å². The number of allylic oxidation sites excluding steroid dienone is 2. The van der Waals surface area contributed by atoms with E-state index in [-0.39, 0.29) is 18.0 Å². The van der Waals surface area contributed by atoms with Gasteiger partial charge < -0.3 is 9.84 Å². The van der Waals surface area contributed by atoms with Crippen molar-refractivity contribution in [1.82, 2.24) is 0 Å². The van der Waals surface area contributed by atoms with Gasteiger partial charge in [0, 0.05) is 6.42 Å². The molecule has 1 atom stereocenters. The fourth-order valence-corrected chi connectivity index (χ4v) is 1.39. The summed E-state index contributed by atoms with van der Waals surface area (Å²) in [6, 6.07) is 0. The second-order valence-corrected chi connectivity index (χ2v) is 3.20.